The topological polar surface area (TPSA) is 64.4 Å². The minimum Gasteiger partial charge on any atom is -0.497 e. The van der Waals surface area contributed by atoms with Gasteiger partial charge in [0, 0.05) is 37.8 Å². The van der Waals surface area contributed by atoms with Gasteiger partial charge in [-0.2, -0.15) is 9.40 Å². The minimum atomic E-state index is -3.43. The van der Waals surface area contributed by atoms with Crippen LogP contribution in [-0.2, 0) is 16.6 Å². The third-order valence-electron chi connectivity index (χ3n) is 3.81. The predicted molar refractivity (Wildman–Crippen MR) is 82.2 cm³/mol. The summed E-state index contributed by atoms with van der Waals surface area (Å²) in [5.74, 6) is 0.852. The van der Waals surface area contributed by atoms with Crippen molar-refractivity contribution in [1.82, 2.24) is 14.1 Å². The molecule has 0 aliphatic carbocycles. The van der Waals surface area contributed by atoms with Gasteiger partial charge >= 0.3 is 0 Å². The smallest absolute Gasteiger partial charge is 0.243 e. The molecule has 7 heteroatoms. The fraction of sp³-hybridized carbons (Fsp3) is 0.400. The van der Waals surface area contributed by atoms with Crippen LogP contribution in [0.15, 0.2) is 41.6 Å². The zero-order valence-corrected chi connectivity index (χ0v) is 13.5. The quantitative estimate of drug-likeness (QED) is 0.837. The molecule has 1 fully saturated rings. The maximum atomic E-state index is 12.5. The molecular weight excluding hydrogens is 302 g/mol. The van der Waals surface area contributed by atoms with E-state index in [4.69, 9.17) is 4.74 Å². The van der Waals surface area contributed by atoms with E-state index in [9.17, 15) is 8.42 Å². The van der Waals surface area contributed by atoms with Gasteiger partial charge in [-0.05, 0) is 24.6 Å². The molecule has 2 heterocycles. The molecule has 118 valence electrons. The van der Waals surface area contributed by atoms with Crippen molar-refractivity contribution in [1.29, 1.82) is 0 Å². The first kappa shape index (κ1) is 15.1. The number of nitrogens with zero attached hydrogens (tertiary/aromatic N) is 3. The highest BCUT2D eigenvalue weighted by Crippen LogP contribution is 2.27. The monoisotopic (exact) mass is 321 g/mol. The van der Waals surface area contributed by atoms with Crippen LogP contribution in [-0.4, -0.2) is 42.7 Å². The maximum Gasteiger partial charge on any atom is 0.243 e. The number of methoxy groups -OCH3 is 1. The van der Waals surface area contributed by atoms with Crippen molar-refractivity contribution in [2.24, 2.45) is 5.92 Å². The lowest BCUT2D eigenvalue weighted by Crippen LogP contribution is -2.51. The molecule has 22 heavy (non-hydrogen) atoms. The van der Waals surface area contributed by atoms with Crippen LogP contribution >= 0.6 is 0 Å². The molecule has 0 bridgehead atoms. The molecule has 0 unspecified atom stereocenters. The number of ether oxygens (including phenoxy) is 1. The lowest BCUT2D eigenvalue weighted by Gasteiger charge is -2.38. The first-order valence-corrected chi connectivity index (χ1v) is 8.56. The van der Waals surface area contributed by atoms with Crippen LogP contribution in [0.4, 0.5) is 0 Å². The van der Waals surface area contributed by atoms with Crippen LogP contribution < -0.4 is 4.74 Å². The Balaban J connectivity index is 1.65. The van der Waals surface area contributed by atoms with E-state index in [-0.39, 0.29) is 4.90 Å². The van der Waals surface area contributed by atoms with E-state index in [1.54, 1.807) is 24.3 Å². The van der Waals surface area contributed by atoms with E-state index in [1.807, 2.05) is 24.0 Å². The van der Waals surface area contributed by atoms with Gasteiger partial charge in [-0.15, -0.1) is 0 Å². The molecular formula is C15H19N3O3S. The van der Waals surface area contributed by atoms with Crippen LogP contribution in [0, 0.1) is 12.8 Å². The summed E-state index contributed by atoms with van der Waals surface area (Å²) >= 11 is 0. The zero-order chi connectivity index (χ0) is 15.7. The van der Waals surface area contributed by atoms with Crippen LogP contribution in [0.5, 0.6) is 5.75 Å². The molecule has 1 saturated heterocycles. The van der Waals surface area contributed by atoms with Gasteiger partial charge in [-0.1, -0.05) is 6.07 Å². The van der Waals surface area contributed by atoms with Gasteiger partial charge in [0.25, 0.3) is 0 Å². The summed E-state index contributed by atoms with van der Waals surface area (Å²) in [6.07, 6.45) is 3.78. The SMILES string of the molecule is COc1cccc(S(=O)(=O)N2CC(Cn3cc(C)cn3)C2)c1. The average molecular weight is 321 g/mol. The second kappa shape index (κ2) is 5.73. The van der Waals surface area contributed by atoms with Crippen molar-refractivity contribution < 1.29 is 13.2 Å². The van der Waals surface area contributed by atoms with E-state index in [0.29, 0.717) is 24.8 Å². The van der Waals surface area contributed by atoms with Gasteiger partial charge in [0.1, 0.15) is 5.75 Å². The minimum absolute atomic E-state index is 0.278. The Morgan fingerprint density at radius 2 is 2.14 bits per heavy atom. The highest BCUT2D eigenvalue weighted by molar-refractivity contribution is 7.89. The van der Waals surface area contributed by atoms with Gasteiger partial charge in [0.15, 0.2) is 0 Å². The summed E-state index contributed by atoms with van der Waals surface area (Å²) in [6, 6.07) is 6.58. The number of hydrogen-bond acceptors (Lipinski definition) is 4. The van der Waals surface area contributed by atoms with E-state index in [2.05, 4.69) is 5.10 Å². The van der Waals surface area contributed by atoms with Crippen molar-refractivity contribution in [2.75, 3.05) is 20.2 Å². The highest BCUT2D eigenvalue weighted by atomic mass is 32.2. The molecule has 1 aromatic carbocycles. The summed E-state index contributed by atoms with van der Waals surface area (Å²) in [4.78, 5) is 0.278. The predicted octanol–water partition coefficient (Wildman–Crippen LogP) is 1.52. The number of benzene rings is 1. The van der Waals surface area contributed by atoms with Crippen molar-refractivity contribution in [3.8, 4) is 5.75 Å². The summed E-state index contributed by atoms with van der Waals surface area (Å²) in [5, 5.41) is 4.24. The van der Waals surface area contributed by atoms with E-state index in [1.165, 1.54) is 11.4 Å². The Bertz CT molecular complexity index is 764. The third-order valence-corrected chi connectivity index (χ3v) is 5.64. The number of aryl methyl sites for hydroxylation is 1. The highest BCUT2D eigenvalue weighted by Gasteiger charge is 2.37. The lowest BCUT2D eigenvalue weighted by atomic mass is 10.0. The summed E-state index contributed by atoms with van der Waals surface area (Å²) in [5.41, 5.74) is 1.11. The molecule has 1 aliphatic heterocycles. The Labute approximate surface area is 130 Å². The van der Waals surface area contributed by atoms with Crippen LogP contribution in [0.2, 0.25) is 0 Å². The number of rotatable bonds is 5. The van der Waals surface area contributed by atoms with Crippen LogP contribution in [0.25, 0.3) is 0 Å². The van der Waals surface area contributed by atoms with Gasteiger partial charge < -0.3 is 4.74 Å². The van der Waals surface area contributed by atoms with E-state index in [0.717, 1.165) is 12.1 Å². The number of aromatic nitrogens is 2. The van der Waals surface area contributed by atoms with Crippen LogP contribution in [0.1, 0.15) is 5.56 Å². The molecule has 0 amide bonds. The second-order valence-electron chi connectivity index (χ2n) is 5.61. The largest absolute Gasteiger partial charge is 0.497 e. The fourth-order valence-corrected chi connectivity index (χ4v) is 4.20. The Morgan fingerprint density at radius 1 is 1.36 bits per heavy atom. The second-order valence-corrected chi connectivity index (χ2v) is 7.54. The molecule has 1 aromatic heterocycles. The normalized spacial score (nSPS) is 16.5. The van der Waals surface area contributed by atoms with Gasteiger partial charge in [0.05, 0.1) is 18.2 Å². The average Bonchev–Trinajstić information content (AvgIpc) is 2.87. The van der Waals surface area contributed by atoms with Crippen molar-refractivity contribution in [3.63, 3.8) is 0 Å². The Kier molecular flexibility index (Phi) is 3.92. The summed E-state index contributed by atoms with van der Waals surface area (Å²) < 4.78 is 33.5. The van der Waals surface area contributed by atoms with Crippen molar-refractivity contribution in [2.45, 2.75) is 18.4 Å². The summed E-state index contributed by atoms with van der Waals surface area (Å²) in [6.45, 7) is 3.79. The Morgan fingerprint density at radius 3 is 2.77 bits per heavy atom. The molecule has 0 spiro atoms. The van der Waals surface area contributed by atoms with Gasteiger partial charge in [0.2, 0.25) is 10.0 Å². The third kappa shape index (κ3) is 2.86. The molecule has 1 aliphatic rings. The first-order chi connectivity index (χ1) is 10.5. The maximum absolute atomic E-state index is 12.5. The molecule has 2 aromatic rings. The summed E-state index contributed by atoms with van der Waals surface area (Å²) in [7, 11) is -1.91. The number of sulfonamides is 1. The molecule has 0 saturated carbocycles. The van der Waals surface area contributed by atoms with Gasteiger partial charge in [-0.25, -0.2) is 8.42 Å². The molecule has 0 atom stereocenters. The van der Waals surface area contributed by atoms with Crippen molar-refractivity contribution in [3.05, 3.63) is 42.2 Å². The van der Waals surface area contributed by atoms with Crippen LogP contribution in [0.3, 0.4) is 0 Å². The number of hydrogen-bond donors (Lipinski definition) is 0. The first-order valence-electron chi connectivity index (χ1n) is 7.12. The Hall–Kier alpha value is -1.86. The molecule has 0 radical (unpaired) electrons. The fourth-order valence-electron chi connectivity index (χ4n) is 2.58. The molecule has 6 nitrogen and oxygen atoms in total. The molecule has 3 rings (SSSR count). The lowest BCUT2D eigenvalue weighted by molar-refractivity contribution is 0.175. The standard InChI is InChI=1S/C15H19N3O3S/c1-12-7-16-17(8-12)9-13-10-18(11-13)22(19,20)15-5-3-4-14(6-15)21-2/h3-8,13H,9-11H2,1-2H3. The zero-order valence-electron chi connectivity index (χ0n) is 12.6. The van der Waals surface area contributed by atoms with Crippen molar-refractivity contribution >= 4 is 10.0 Å². The van der Waals surface area contributed by atoms with Gasteiger partial charge in [-0.3, -0.25) is 4.68 Å². The molecule has 0 N–H and O–H groups in total. The van der Waals surface area contributed by atoms with E-state index < -0.39 is 10.0 Å². The van der Waals surface area contributed by atoms with E-state index >= 15 is 0 Å².